The Morgan fingerprint density at radius 2 is 1.92 bits per heavy atom. The molecule has 0 fully saturated rings. The maximum Gasteiger partial charge on any atom is 0.217 e. The minimum Gasteiger partial charge on any atom is -0.726 e. The largest absolute Gasteiger partial charge is 0.726 e. The highest BCUT2D eigenvalue weighted by atomic mass is 32.3. The van der Waals surface area contributed by atoms with E-state index in [4.69, 9.17) is 0 Å². The fourth-order valence-electron chi connectivity index (χ4n) is 1.11. The Hall–Kier alpha value is -0.130. The third kappa shape index (κ3) is 8.21. The fourth-order valence-corrected chi connectivity index (χ4v) is 1.67. The summed E-state index contributed by atoms with van der Waals surface area (Å²) < 4.78 is 35.1. The molecule has 80 valence electrons. The van der Waals surface area contributed by atoms with E-state index in [1.54, 1.807) is 0 Å². The molecule has 0 heterocycles. The van der Waals surface area contributed by atoms with Gasteiger partial charge in [-0.3, -0.25) is 4.18 Å². The van der Waals surface area contributed by atoms with E-state index < -0.39 is 16.5 Å². The molecule has 0 aromatic heterocycles. The van der Waals surface area contributed by atoms with E-state index >= 15 is 0 Å². The first-order chi connectivity index (χ1) is 5.99. The Morgan fingerprint density at radius 1 is 1.31 bits per heavy atom. The zero-order valence-corrected chi connectivity index (χ0v) is 8.97. The third-order valence-electron chi connectivity index (χ3n) is 1.84. The Balaban J connectivity index is 3.77. The zero-order chi connectivity index (χ0) is 10.3. The van der Waals surface area contributed by atoms with Crippen molar-refractivity contribution in [3.63, 3.8) is 0 Å². The second-order valence-electron chi connectivity index (χ2n) is 3.03. The van der Waals surface area contributed by atoms with Gasteiger partial charge in [-0.15, -0.1) is 0 Å². The van der Waals surface area contributed by atoms with E-state index in [0.717, 1.165) is 19.3 Å². The van der Waals surface area contributed by atoms with Crippen LogP contribution >= 0.6 is 0 Å². The summed E-state index contributed by atoms with van der Waals surface area (Å²) in [5.41, 5.74) is 0. The molecule has 1 unspecified atom stereocenters. The molecule has 0 aromatic rings. The number of hydrogen-bond acceptors (Lipinski definition) is 4. The van der Waals surface area contributed by atoms with Gasteiger partial charge in [0, 0.05) is 0 Å². The predicted molar refractivity (Wildman–Crippen MR) is 49.0 cm³/mol. The Labute approximate surface area is 80.2 Å². The van der Waals surface area contributed by atoms with E-state index in [-0.39, 0.29) is 0 Å². The van der Waals surface area contributed by atoms with Crippen molar-refractivity contribution in [3.8, 4) is 0 Å². The molecular formula is C8H17O4S-. The Kier molecular flexibility index (Phi) is 6.28. The third-order valence-corrected chi connectivity index (χ3v) is 2.35. The summed E-state index contributed by atoms with van der Waals surface area (Å²) >= 11 is 0. The molecule has 0 rings (SSSR count). The first kappa shape index (κ1) is 12.9. The summed E-state index contributed by atoms with van der Waals surface area (Å²) in [6.45, 7) is 3.87. The summed E-state index contributed by atoms with van der Waals surface area (Å²) in [6, 6.07) is 0. The molecule has 0 aliphatic heterocycles. The number of hydrogen-bond donors (Lipinski definition) is 0. The van der Waals surface area contributed by atoms with Gasteiger partial charge < -0.3 is 4.55 Å². The highest BCUT2D eigenvalue weighted by molar-refractivity contribution is 7.80. The SMILES string of the molecule is CCCCCC(CC)OS(=O)(=O)[O-]. The lowest BCUT2D eigenvalue weighted by atomic mass is 10.1. The monoisotopic (exact) mass is 209 g/mol. The van der Waals surface area contributed by atoms with Crippen molar-refractivity contribution in [2.45, 2.75) is 52.1 Å². The van der Waals surface area contributed by atoms with Crippen LogP contribution in [0.5, 0.6) is 0 Å². The molecule has 0 aliphatic carbocycles. The molecule has 0 saturated heterocycles. The maximum absolute atomic E-state index is 10.3. The molecule has 0 amide bonds. The van der Waals surface area contributed by atoms with E-state index in [2.05, 4.69) is 11.1 Å². The van der Waals surface area contributed by atoms with Crippen LogP contribution in [0.15, 0.2) is 0 Å². The molecule has 0 saturated carbocycles. The molecule has 0 radical (unpaired) electrons. The highest BCUT2D eigenvalue weighted by Gasteiger charge is 2.09. The second-order valence-corrected chi connectivity index (χ2v) is 4.04. The van der Waals surface area contributed by atoms with Crippen LogP contribution in [0, 0.1) is 0 Å². The van der Waals surface area contributed by atoms with Crippen molar-refractivity contribution in [2.24, 2.45) is 0 Å². The summed E-state index contributed by atoms with van der Waals surface area (Å²) in [5, 5.41) is 0. The van der Waals surface area contributed by atoms with Crippen molar-refractivity contribution in [1.29, 1.82) is 0 Å². The van der Waals surface area contributed by atoms with Gasteiger partial charge in [0.1, 0.15) is 0 Å². The van der Waals surface area contributed by atoms with Crippen molar-refractivity contribution in [2.75, 3.05) is 0 Å². The minimum atomic E-state index is -4.52. The van der Waals surface area contributed by atoms with E-state index in [1.165, 1.54) is 0 Å². The number of unbranched alkanes of at least 4 members (excludes halogenated alkanes) is 2. The highest BCUT2D eigenvalue weighted by Crippen LogP contribution is 2.11. The van der Waals surface area contributed by atoms with Crippen LogP contribution < -0.4 is 0 Å². The minimum absolute atomic E-state index is 0.436. The lowest BCUT2D eigenvalue weighted by Gasteiger charge is -2.17. The lowest BCUT2D eigenvalue weighted by molar-refractivity contribution is 0.162. The van der Waals surface area contributed by atoms with Crippen LogP contribution in [-0.2, 0) is 14.6 Å². The summed E-state index contributed by atoms with van der Waals surface area (Å²) in [5.74, 6) is 0. The van der Waals surface area contributed by atoms with E-state index in [9.17, 15) is 13.0 Å². The normalized spacial score (nSPS) is 14.4. The van der Waals surface area contributed by atoms with Crippen LogP contribution in [-0.4, -0.2) is 19.1 Å². The standard InChI is InChI=1S/C8H18O4S/c1-3-5-6-7-8(4-2)12-13(9,10)11/h8H,3-7H2,1-2H3,(H,9,10,11)/p-1. The zero-order valence-electron chi connectivity index (χ0n) is 8.15. The molecule has 0 bridgehead atoms. The molecule has 5 heteroatoms. The molecule has 13 heavy (non-hydrogen) atoms. The van der Waals surface area contributed by atoms with Gasteiger partial charge in [-0.2, -0.15) is 0 Å². The summed E-state index contributed by atoms with van der Waals surface area (Å²) in [7, 11) is -4.52. The van der Waals surface area contributed by atoms with Gasteiger partial charge in [0.05, 0.1) is 6.10 Å². The van der Waals surface area contributed by atoms with Gasteiger partial charge in [-0.1, -0.05) is 33.1 Å². The quantitative estimate of drug-likeness (QED) is 0.364. The van der Waals surface area contributed by atoms with E-state index in [0.29, 0.717) is 12.8 Å². The molecule has 0 spiro atoms. The molecule has 1 atom stereocenters. The molecule has 4 nitrogen and oxygen atoms in total. The molecule has 0 aromatic carbocycles. The van der Waals surface area contributed by atoms with Crippen molar-refractivity contribution in [1.82, 2.24) is 0 Å². The van der Waals surface area contributed by atoms with Crippen LogP contribution in [0.4, 0.5) is 0 Å². The summed E-state index contributed by atoms with van der Waals surface area (Å²) in [6.07, 6.45) is 3.79. The topological polar surface area (TPSA) is 66.4 Å². The molecule has 0 N–H and O–H groups in total. The van der Waals surface area contributed by atoms with Gasteiger partial charge in [-0.05, 0) is 12.8 Å². The molecular weight excluding hydrogens is 192 g/mol. The van der Waals surface area contributed by atoms with Gasteiger partial charge in [-0.25, -0.2) is 8.42 Å². The first-order valence-corrected chi connectivity index (χ1v) is 5.97. The average Bonchev–Trinajstić information content (AvgIpc) is 2.01. The Bertz CT molecular complexity index is 210. The van der Waals surface area contributed by atoms with E-state index in [1.807, 2.05) is 6.92 Å². The van der Waals surface area contributed by atoms with Crippen LogP contribution in [0.2, 0.25) is 0 Å². The maximum atomic E-state index is 10.3. The van der Waals surface area contributed by atoms with Crippen LogP contribution in [0.25, 0.3) is 0 Å². The fraction of sp³-hybridized carbons (Fsp3) is 1.00. The van der Waals surface area contributed by atoms with Crippen molar-refractivity contribution >= 4 is 10.4 Å². The first-order valence-electron chi connectivity index (χ1n) is 4.63. The van der Waals surface area contributed by atoms with Gasteiger partial charge in [0.25, 0.3) is 0 Å². The van der Waals surface area contributed by atoms with Gasteiger partial charge >= 0.3 is 0 Å². The average molecular weight is 209 g/mol. The van der Waals surface area contributed by atoms with Crippen molar-refractivity contribution in [3.05, 3.63) is 0 Å². The van der Waals surface area contributed by atoms with Gasteiger partial charge in [0.15, 0.2) is 0 Å². The smallest absolute Gasteiger partial charge is 0.217 e. The second kappa shape index (κ2) is 6.34. The molecule has 0 aliphatic rings. The van der Waals surface area contributed by atoms with Crippen LogP contribution in [0.3, 0.4) is 0 Å². The van der Waals surface area contributed by atoms with Crippen LogP contribution in [0.1, 0.15) is 46.0 Å². The number of rotatable bonds is 7. The summed E-state index contributed by atoms with van der Waals surface area (Å²) in [4.78, 5) is 0. The van der Waals surface area contributed by atoms with Gasteiger partial charge in [0.2, 0.25) is 10.4 Å². The predicted octanol–water partition coefficient (Wildman–Crippen LogP) is 1.82. The van der Waals surface area contributed by atoms with Crippen molar-refractivity contribution < 1.29 is 17.2 Å². The Morgan fingerprint density at radius 3 is 2.31 bits per heavy atom. The lowest BCUT2D eigenvalue weighted by Crippen LogP contribution is -2.17.